The van der Waals surface area contributed by atoms with Crippen molar-refractivity contribution in [3.05, 3.63) is 90.6 Å². The molecule has 1 aliphatic heterocycles. The van der Waals surface area contributed by atoms with Crippen molar-refractivity contribution in [3.8, 4) is 5.75 Å². The van der Waals surface area contributed by atoms with Crippen molar-refractivity contribution in [2.75, 3.05) is 25.6 Å². The summed E-state index contributed by atoms with van der Waals surface area (Å²) in [5.41, 5.74) is 3.13. The lowest BCUT2D eigenvalue weighted by atomic mass is 9.95. The van der Waals surface area contributed by atoms with Gasteiger partial charge in [-0.1, -0.05) is 35.6 Å². The van der Waals surface area contributed by atoms with Crippen LogP contribution in [0.4, 0.5) is 5.69 Å². The molecule has 4 rings (SSSR count). The molecule has 33 heavy (non-hydrogen) atoms. The molecular weight excluding hydrogens is 438 g/mol. The van der Waals surface area contributed by atoms with Gasteiger partial charge in [0.15, 0.2) is 4.80 Å². The van der Waals surface area contributed by atoms with Crippen LogP contribution in [0.15, 0.2) is 69.6 Å². The predicted molar refractivity (Wildman–Crippen MR) is 129 cm³/mol. The first-order valence-electron chi connectivity index (χ1n) is 10.6. The zero-order valence-corrected chi connectivity index (χ0v) is 19.7. The summed E-state index contributed by atoms with van der Waals surface area (Å²) in [6.07, 6.45) is 1.72. The fourth-order valence-corrected chi connectivity index (χ4v) is 4.87. The Morgan fingerprint density at radius 3 is 2.61 bits per heavy atom. The first-order valence-corrected chi connectivity index (χ1v) is 11.4. The summed E-state index contributed by atoms with van der Waals surface area (Å²) >= 11 is 1.25. The largest absolute Gasteiger partial charge is 0.508 e. The van der Waals surface area contributed by atoms with Crippen LogP contribution in [0.1, 0.15) is 31.0 Å². The number of hydrogen-bond acceptors (Lipinski definition) is 7. The van der Waals surface area contributed by atoms with E-state index in [2.05, 4.69) is 4.99 Å². The quantitative estimate of drug-likeness (QED) is 0.588. The van der Waals surface area contributed by atoms with Gasteiger partial charge < -0.3 is 14.7 Å². The molecule has 0 amide bonds. The fraction of sp³-hybridized carbons (Fsp3) is 0.240. The van der Waals surface area contributed by atoms with Crippen LogP contribution in [0.25, 0.3) is 6.08 Å². The molecule has 170 valence electrons. The SMILES string of the molecule is CCOC(=O)C1=C(C)N=c2s/c(=C/c3cccc(O)c3)c(=O)n2C1c1ccc(N(C)C)cc1. The molecule has 7 nitrogen and oxygen atoms in total. The van der Waals surface area contributed by atoms with Gasteiger partial charge in [0.25, 0.3) is 5.56 Å². The molecule has 0 fully saturated rings. The number of carbonyl (C=O) groups is 1. The lowest BCUT2D eigenvalue weighted by Crippen LogP contribution is -2.39. The first-order chi connectivity index (χ1) is 15.8. The zero-order valence-electron chi connectivity index (χ0n) is 18.9. The number of rotatable bonds is 5. The molecule has 0 saturated carbocycles. The number of nitrogens with zero attached hydrogens (tertiary/aromatic N) is 3. The molecule has 3 aromatic rings. The number of allylic oxidation sites excluding steroid dienone is 1. The van der Waals surface area contributed by atoms with E-state index in [0.717, 1.165) is 11.3 Å². The highest BCUT2D eigenvalue weighted by atomic mass is 32.1. The molecule has 2 heterocycles. The van der Waals surface area contributed by atoms with Crippen molar-refractivity contribution >= 4 is 29.1 Å². The average molecular weight is 464 g/mol. The van der Waals surface area contributed by atoms with E-state index in [4.69, 9.17) is 4.74 Å². The molecule has 0 aliphatic carbocycles. The number of esters is 1. The third-order valence-corrected chi connectivity index (χ3v) is 6.39. The summed E-state index contributed by atoms with van der Waals surface area (Å²) in [6.45, 7) is 3.74. The maximum atomic E-state index is 13.5. The molecule has 0 saturated heterocycles. The van der Waals surface area contributed by atoms with Crippen LogP contribution in [0, 0.1) is 0 Å². The number of anilines is 1. The second kappa shape index (κ2) is 9.07. The Balaban J connectivity index is 1.94. The molecule has 1 atom stereocenters. The summed E-state index contributed by atoms with van der Waals surface area (Å²) < 4.78 is 7.35. The number of phenolic OH excluding ortho intramolecular Hbond substituents is 1. The summed E-state index contributed by atoms with van der Waals surface area (Å²) in [5, 5.41) is 9.78. The van der Waals surface area contributed by atoms with Crippen LogP contribution in [-0.2, 0) is 9.53 Å². The molecule has 0 spiro atoms. The van der Waals surface area contributed by atoms with Crippen molar-refractivity contribution in [2.24, 2.45) is 4.99 Å². The van der Waals surface area contributed by atoms with Gasteiger partial charge >= 0.3 is 5.97 Å². The highest BCUT2D eigenvalue weighted by Crippen LogP contribution is 2.31. The number of thiazole rings is 1. The van der Waals surface area contributed by atoms with Gasteiger partial charge in [-0.3, -0.25) is 9.36 Å². The van der Waals surface area contributed by atoms with Gasteiger partial charge in [0, 0.05) is 19.8 Å². The highest BCUT2D eigenvalue weighted by molar-refractivity contribution is 7.07. The Morgan fingerprint density at radius 1 is 1.24 bits per heavy atom. The van der Waals surface area contributed by atoms with E-state index in [0.29, 0.717) is 26.2 Å². The molecule has 1 N–H and O–H groups in total. The van der Waals surface area contributed by atoms with Crippen molar-refractivity contribution in [2.45, 2.75) is 19.9 Å². The topological polar surface area (TPSA) is 84.1 Å². The Bertz CT molecular complexity index is 1420. The smallest absolute Gasteiger partial charge is 0.338 e. The number of benzene rings is 2. The zero-order chi connectivity index (χ0) is 23.7. The summed E-state index contributed by atoms with van der Waals surface area (Å²) in [7, 11) is 3.90. The van der Waals surface area contributed by atoms with Gasteiger partial charge in [-0.05, 0) is 55.3 Å². The van der Waals surface area contributed by atoms with Crippen LogP contribution in [0.5, 0.6) is 5.75 Å². The van der Waals surface area contributed by atoms with E-state index in [1.807, 2.05) is 49.3 Å². The van der Waals surface area contributed by atoms with Gasteiger partial charge in [0.2, 0.25) is 0 Å². The monoisotopic (exact) mass is 463 g/mol. The van der Waals surface area contributed by atoms with Crippen molar-refractivity contribution in [1.29, 1.82) is 0 Å². The average Bonchev–Trinajstić information content (AvgIpc) is 3.07. The first kappa shape index (κ1) is 22.5. The minimum atomic E-state index is -0.650. The van der Waals surface area contributed by atoms with Crippen molar-refractivity contribution < 1.29 is 14.6 Å². The van der Waals surface area contributed by atoms with Crippen molar-refractivity contribution in [1.82, 2.24) is 4.57 Å². The van der Waals surface area contributed by atoms with E-state index in [1.54, 1.807) is 42.7 Å². The lowest BCUT2D eigenvalue weighted by Gasteiger charge is -2.25. The molecular formula is C25H25N3O4S. The predicted octanol–water partition coefficient (Wildman–Crippen LogP) is 2.57. The highest BCUT2D eigenvalue weighted by Gasteiger charge is 2.33. The second-order valence-corrected chi connectivity index (χ2v) is 8.89. The van der Waals surface area contributed by atoms with Gasteiger partial charge in [-0.2, -0.15) is 0 Å². The standard InChI is InChI=1S/C25H25N3O4S/c1-5-32-24(31)21-15(2)26-25-28(22(21)17-9-11-18(12-10-17)27(3)4)23(30)20(33-25)14-16-7-6-8-19(29)13-16/h6-14,22,29H,5H2,1-4H3/b20-14+. The number of aromatic hydroxyl groups is 1. The van der Waals surface area contributed by atoms with E-state index < -0.39 is 12.0 Å². The summed E-state index contributed by atoms with van der Waals surface area (Å²) in [4.78, 5) is 33.5. The van der Waals surface area contributed by atoms with Crippen LogP contribution in [-0.4, -0.2) is 36.3 Å². The van der Waals surface area contributed by atoms with E-state index >= 15 is 0 Å². The molecule has 1 unspecified atom stereocenters. The number of fused-ring (bicyclic) bond motifs is 1. The maximum Gasteiger partial charge on any atom is 0.338 e. The van der Waals surface area contributed by atoms with E-state index in [9.17, 15) is 14.7 Å². The van der Waals surface area contributed by atoms with Crippen LogP contribution in [0.3, 0.4) is 0 Å². The number of phenols is 1. The summed E-state index contributed by atoms with van der Waals surface area (Å²) in [5.74, 6) is -0.362. The fourth-order valence-electron chi connectivity index (χ4n) is 3.83. The molecule has 0 bridgehead atoms. The number of aromatic nitrogens is 1. The molecule has 0 radical (unpaired) electrons. The third kappa shape index (κ3) is 4.34. The third-order valence-electron chi connectivity index (χ3n) is 5.41. The maximum absolute atomic E-state index is 13.5. The lowest BCUT2D eigenvalue weighted by molar-refractivity contribution is -0.139. The minimum absolute atomic E-state index is 0.121. The Morgan fingerprint density at radius 2 is 1.97 bits per heavy atom. The number of hydrogen-bond donors (Lipinski definition) is 1. The second-order valence-electron chi connectivity index (χ2n) is 7.88. The van der Waals surface area contributed by atoms with Gasteiger partial charge in [0.1, 0.15) is 5.75 Å². The van der Waals surface area contributed by atoms with Gasteiger partial charge in [-0.25, -0.2) is 9.79 Å². The Hall–Kier alpha value is -3.65. The van der Waals surface area contributed by atoms with Crippen LogP contribution >= 0.6 is 11.3 Å². The molecule has 8 heteroatoms. The number of ether oxygens (including phenoxy) is 1. The van der Waals surface area contributed by atoms with Crippen LogP contribution in [0.2, 0.25) is 0 Å². The number of carbonyl (C=O) groups excluding carboxylic acids is 1. The molecule has 2 aromatic carbocycles. The molecule has 1 aromatic heterocycles. The molecule has 1 aliphatic rings. The van der Waals surface area contributed by atoms with E-state index in [1.165, 1.54) is 11.3 Å². The normalized spacial score (nSPS) is 15.8. The van der Waals surface area contributed by atoms with Gasteiger partial charge in [-0.15, -0.1) is 0 Å². The summed E-state index contributed by atoms with van der Waals surface area (Å²) in [6, 6.07) is 13.8. The Labute approximate surface area is 195 Å². The van der Waals surface area contributed by atoms with Gasteiger partial charge in [0.05, 0.1) is 28.5 Å². The Kier molecular flexibility index (Phi) is 6.20. The van der Waals surface area contributed by atoms with Crippen molar-refractivity contribution in [3.63, 3.8) is 0 Å². The van der Waals surface area contributed by atoms with E-state index in [-0.39, 0.29) is 17.9 Å². The minimum Gasteiger partial charge on any atom is -0.508 e. The van der Waals surface area contributed by atoms with Crippen LogP contribution < -0.4 is 19.8 Å².